The van der Waals surface area contributed by atoms with Crippen LogP contribution in [-0.4, -0.2) is 35.8 Å². The fourth-order valence-corrected chi connectivity index (χ4v) is 4.97. The predicted octanol–water partition coefficient (Wildman–Crippen LogP) is 5.22. The average molecular weight is 448 g/mol. The van der Waals surface area contributed by atoms with Crippen LogP contribution in [0.1, 0.15) is 50.6 Å². The summed E-state index contributed by atoms with van der Waals surface area (Å²) in [6.45, 7) is 1.90. The maximum absolute atomic E-state index is 13.7. The van der Waals surface area contributed by atoms with Gasteiger partial charge >= 0.3 is 5.97 Å². The second kappa shape index (κ2) is 8.81. The molecule has 1 aliphatic carbocycles. The quantitative estimate of drug-likeness (QED) is 0.541. The van der Waals surface area contributed by atoms with E-state index in [1.165, 1.54) is 6.42 Å². The van der Waals surface area contributed by atoms with E-state index in [4.69, 9.17) is 19.2 Å². The summed E-state index contributed by atoms with van der Waals surface area (Å²) < 4.78 is 19.3. The lowest BCUT2D eigenvalue weighted by atomic mass is 9.93. The van der Waals surface area contributed by atoms with Gasteiger partial charge in [0.2, 0.25) is 5.95 Å². The molecular formula is C26H29N3O4. The number of para-hydroxylation sites is 2. The normalized spacial score (nSPS) is 18.6. The van der Waals surface area contributed by atoms with E-state index in [9.17, 15) is 4.79 Å². The molecule has 1 fully saturated rings. The molecule has 1 aliphatic heterocycles. The molecule has 172 valence electrons. The van der Waals surface area contributed by atoms with Crippen LogP contribution in [0, 0.1) is 0 Å². The lowest BCUT2D eigenvalue weighted by Gasteiger charge is -2.32. The minimum atomic E-state index is -0.477. The van der Waals surface area contributed by atoms with Crippen LogP contribution in [0.15, 0.2) is 53.7 Å². The number of nitrogens with one attached hydrogen (secondary N) is 1. The van der Waals surface area contributed by atoms with Gasteiger partial charge in [-0.2, -0.15) is 0 Å². The van der Waals surface area contributed by atoms with Crippen molar-refractivity contribution in [2.45, 2.75) is 51.2 Å². The van der Waals surface area contributed by atoms with Crippen molar-refractivity contribution in [1.29, 1.82) is 0 Å². The van der Waals surface area contributed by atoms with Crippen LogP contribution in [0.3, 0.4) is 0 Å². The summed E-state index contributed by atoms with van der Waals surface area (Å²) in [5.74, 6) is 1.73. The number of fused-ring (bicyclic) bond motifs is 3. The zero-order valence-electron chi connectivity index (χ0n) is 19.3. The number of aromatic nitrogens is 2. The number of ether oxygens (including phenoxy) is 3. The Kier molecular flexibility index (Phi) is 5.70. The lowest BCUT2D eigenvalue weighted by molar-refractivity contribution is -0.146. The number of nitrogens with zero attached hydrogens (tertiary/aromatic N) is 2. The van der Waals surface area contributed by atoms with Crippen LogP contribution in [0.25, 0.3) is 11.0 Å². The SMILES string of the molecule is COc1ccc(OC)c([C@@H]2C(C(=O)OC3CCCCC3)=C(C)Nc3nc4ccccc4n32)c1. The van der Waals surface area contributed by atoms with Crippen LogP contribution < -0.4 is 14.8 Å². The molecule has 1 N–H and O–H groups in total. The van der Waals surface area contributed by atoms with Gasteiger partial charge in [-0.05, 0) is 62.9 Å². The number of hydrogen-bond donors (Lipinski definition) is 1. The molecule has 3 aromatic rings. The number of imidazole rings is 1. The maximum Gasteiger partial charge on any atom is 0.338 e. The highest BCUT2D eigenvalue weighted by Gasteiger charge is 2.37. The van der Waals surface area contributed by atoms with E-state index in [-0.39, 0.29) is 12.1 Å². The van der Waals surface area contributed by atoms with E-state index in [0.29, 0.717) is 23.0 Å². The number of rotatable bonds is 5. The topological polar surface area (TPSA) is 74.6 Å². The molecule has 0 bridgehead atoms. The summed E-state index contributed by atoms with van der Waals surface area (Å²) in [5.41, 5.74) is 3.88. The molecule has 1 saturated carbocycles. The van der Waals surface area contributed by atoms with Crippen molar-refractivity contribution >= 4 is 23.0 Å². The Labute approximate surface area is 193 Å². The molecule has 7 nitrogen and oxygen atoms in total. The van der Waals surface area contributed by atoms with Crippen LogP contribution in [0.2, 0.25) is 0 Å². The first-order valence-electron chi connectivity index (χ1n) is 11.5. The minimum absolute atomic E-state index is 0.0414. The van der Waals surface area contributed by atoms with Gasteiger partial charge < -0.3 is 19.5 Å². The summed E-state index contributed by atoms with van der Waals surface area (Å²) in [6, 6.07) is 13.1. The second-order valence-electron chi connectivity index (χ2n) is 8.63. The third kappa shape index (κ3) is 3.81. The monoisotopic (exact) mass is 447 g/mol. The largest absolute Gasteiger partial charge is 0.497 e. The van der Waals surface area contributed by atoms with E-state index >= 15 is 0 Å². The molecule has 0 radical (unpaired) electrons. The van der Waals surface area contributed by atoms with Crippen molar-refractivity contribution in [3.05, 3.63) is 59.3 Å². The number of methoxy groups -OCH3 is 2. The van der Waals surface area contributed by atoms with E-state index in [2.05, 4.69) is 9.88 Å². The number of anilines is 1. The maximum atomic E-state index is 13.7. The molecule has 33 heavy (non-hydrogen) atoms. The lowest BCUT2D eigenvalue weighted by Crippen LogP contribution is -2.31. The molecule has 0 spiro atoms. The van der Waals surface area contributed by atoms with Crippen LogP contribution in [0.4, 0.5) is 5.95 Å². The first kappa shape index (κ1) is 21.4. The van der Waals surface area contributed by atoms with Crippen LogP contribution >= 0.6 is 0 Å². The highest BCUT2D eigenvalue weighted by Crippen LogP contribution is 2.43. The number of carbonyl (C=O) groups excluding carboxylic acids is 1. The zero-order chi connectivity index (χ0) is 22.9. The van der Waals surface area contributed by atoms with E-state index in [0.717, 1.165) is 48.0 Å². The fourth-order valence-electron chi connectivity index (χ4n) is 4.97. The molecule has 0 unspecified atom stereocenters. The summed E-state index contributed by atoms with van der Waals surface area (Å²) in [7, 11) is 3.27. The summed E-state index contributed by atoms with van der Waals surface area (Å²) in [5, 5.41) is 3.34. The van der Waals surface area contributed by atoms with E-state index in [1.54, 1.807) is 14.2 Å². The van der Waals surface area contributed by atoms with Crippen molar-refractivity contribution in [1.82, 2.24) is 9.55 Å². The first-order valence-corrected chi connectivity index (χ1v) is 11.5. The third-order valence-corrected chi connectivity index (χ3v) is 6.61. The zero-order valence-corrected chi connectivity index (χ0v) is 19.3. The average Bonchev–Trinajstić information content (AvgIpc) is 3.21. The predicted molar refractivity (Wildman–Crippen MR) is 127 cm³/mol. The van der Waals surface area contributed by atoms with Gasteiger partial charge in [0.15, 0.2) is 0 Å². The van der Waals surface area contributed by atoms with Gasteiger partial charge in [-0.25, -0.2) is 9.78 Å². The van der Waals surface area contributed by atoms with Crippen molar-refractivity contribution in [3.63, 3.8) is 0 Å². The first-order chi connectivity index (χ1) is 16.1. The summed E-state index contributed by atoms with van der Waals surface area (Å²) >= 11 is 0. The van der Waals surface area contributed by atoms with Crippen molar-refractivity contribution in [3.8, 4) is 11.5 Å². The molecule has 5 rings (SSSR count). The van der Waals surface area contributed by atoms with Gasteiger partial charge in [0.25, 0.3) is 0 Å². The van der Waals surface area contributed by atoms with Gasteiger partial charge in [0, 0.05) is 11.3 Å². The molecule has 1 atom stereocenters. The summed E-state index contributed by atoms with van der Waals surface area (Å²) in [6.07, 6.45) is 5.18. The molecule has 0 saturated heterocycles. The second-order valence-corrected chi connectivity index (χ2v) is 8.63. The Morgan fingerprint density at radius 2 is 1.85 bits per heavy atom. The highest BCUT2D eigenvalue weighted by molar-refractivity contribution is 5.94. The Bertz CT molecular complexity index is 1220. The molecule has 0 amide bonds. The molecule has 2 heterocycles. The molecular weight excluding hydrogens is 418 g/mol. The van der Waals surface area contributed by atoms with Gasteiger partial charge in [0.05, 0.1) is 36.9 Å². The Balaban J connectivity index is 1.68. The van der Waals surface area contributed by atoms with Crippen molar-refractivity contribution in [2.24, 2.45) is 0 Å². The highest BCUT2D eigenvalue weighted by atomic mass is 16.5. The molecule has 7 heteroatoms. The smallest absolute Gasteiger partial charge is 0.338 e. The Morgan fingerprint density at radius 3 is 2.61 bits per heavy atom. The van der Waals surface area contributed by atoms with Crippen molar-refractivity contribution < 1.29 is 19.0 Å². The molecule has 2 aromatic carbocycles. The van der Waals surface area contributed by atoms with Crippen LogP contribution in [-0.2, 0) is 9.53 Å². The molecule has 1 aromatic heterocycles. The number of carbonyl (C=O) groups is 1. The molecule has 2 aliphatic rings. The van der Waals surface area contributed by atoms with Gasteiger partial charge in [-0.1, -0.05) is 18.6 Å². The van der Waals surface area contributed by atoms with E-state index in [1.807, 2.05) is 49.4 Å². The van der Waals surface area contributed by atoms with Gasteiger partial charge in [0.1, 0.15) is 17.6 Å². The number of esters is 1. The Hall–Kier alpha value is -3.48. The van der Waals surface area contributed by atoms with Crippen LogP contribution in [0.5, 0.6) is 11.5 Å². The summed E-state index contributed by atoms with van der Waals surface area (Å²) in [4.78, 5) is 18.4. The van der Waals surface area contributed by atoms with E-state index < -0.39 is 6.04 Å². The number of hydrogen-bond acceptors (Lipinski definition) is 6. The Morgan fingerprint density at radius 1 is 1.06 bits per heavy atom. The van der Waals surface area contributed by atoms with Crippen molar-refractivity contribution in [2.75, 3.05) is 19.5 Å². The third-order valence-electron chi connectivity index (χ3n) is 6.61. The van der Waals surface area contributed by atoms with Gasteiger partial charge in [-0.3, -0.25) is 4.57 Å². The van der Waals surface area contributed by atoms with Gasteiger partial charge in [-0.15, -0.1) is 0 Å². The standard InChI is InChI=1S/C26H29N3O4/c1-16-23(25(30)33-17-9-5-4-6-10-17)24(19-15-18(31-2)13-14-22(19)32-3)29-21-12-8-7-11-20(21)28-26(29)27-16/h7-8,11-15,17,24H,4-6,9-10H2,1-3H3,(H,27,28)/t24-/m1/s1. The number of benzene rings is 2. The fraction of sp³-hybridized carbons (Fsp3) is 0.385. The number of allylic oxidation sites excluding steroid dienone is 1. The minimum Gasteiger partial charge on any atom is -0.497 e.